The van der Waals surface area contributed by atoms with E-state index in [0.717, 1.165) is 0 Å². The minimum Gasteiger partial charge on any atom is -0.478 e. The van der Waals surface area contributed by atoms with Gasteiger partial charge in [0.25, 0.3) is 5.91 Å². The third-order valence-electron chi connectivity index (χ3n) is 2.29. The lowest BCUT2D eigenvalue weighted by Crippen LogP contribution is -2.24. The molecule has 20 heavy (non-hydrogen) atoms. The van der Waals surface area contributed by atoms with Crippen molar-refractivity contribution < 1.29 is 19.5 Å². The summed E-state index contributed by atoms with van der Waals surface area (Å²) in [5.74, 6) is -1.88. The first-order chi connectivity index (χ1) is 9.22. The topological polar surface area (TPSA) is 95.5 Å². The quantitative estimate of drug-likeness (QED) is 0.450. The van der Waals surface area contributed by atoms with Crippen molar-refractivity contribution >= 4 is 91.2 Å². The van der Waals surface area contributed by atoms with Gasteiger partial charge in [-0.05, 0) is 67.8 Å². The number of nitrogens with one attached hydrogen (secondary N) is 2. The van der Waals surface area contributed by atoms with Gasteiger partial charge in [-0.15, -0.1) is 0 Å². The highest BCUT2D eigenvalue weighted by atomic mass is 131. The minimum atomic E-state index is -1.15. The van der Waals surface area contributed by atoms with Gasteiger partial charge >= 0.3 is 5.97 Å². The summed E-state index contributed by atoms with van der Waals surface area (Å²) in [6.07, 6.45) is 0. The van der Waals surface area contributed by atoms with Gasteiger partial charge in [0.2, 0.25) is 5.91 Å². The number of amides is 2. The van der Waals surface area contributed by atoms with E-state index in [9.17, 15) is 19.5 Å². The number of carbonyl (C=O) groups is 3. The SMILES string of the molecule is CNC(=O)c1c([131I])c(NC(C)=O)c([131I])c(C(=O)O)c1[131I]. The Hall–Kier alpha value is -0.180. The average molecular weight is 626 g/mol. The predicted molar refractivity (Wildman–Crippen MR) is 99.2 cm³/mol. The van der Waals surface area contributed by atoms with E-state index >= 15 is 0 Å². The second kappa shape index (κ2) is 7.20. The highest BCUT2D eigenvalue weighted by molar-refractivity contribution is 14.1. The molecule has 0 bridgehead atoms. The average Bonchev–Trinajstić information content (AvgIpc) is 2.33. The first kappa shape index (κ1) is 17.9. The predicted octanol–water partition coefficient (Wildman–Crippen LogP) is 2.52. The summed E-state index contributed by atoms with van der Waals surface area (Å²) < 4.78 is 1.25. The van der Waals surface area contributed by atoms with E-state index in [-0.39, 0.29) is 17.0 Å². The fourth-order valence-electron chi connectivity index (χ4n) is 1.46. The van der Waals surface area contributed by atoms with Crippen LogP contribution in [-0.2, 0) is 4.79 Å². The van der Waals surface area contributed by atoms with E-state index in [2.05, 4.69) is 10.6 Å². The fraction of sp³-hybridized carbons (Fsp3) is 0.182. The molecule has 9 heteroatoms. The van der Waals surface area contributed by atoms with Gasteiger partial charge in [-0.25, -0.2) is 4.79 Å². The summed E-state index contributed by atoms with van der Waals surface area (Å²) in [6.45, 7) is 1.32. The molecule has 0 radical (unpaired) electrons. The lowest BCUT2D eigenvalue weighted by molar-refractivity contribution is -0.114. The highest BCUT2D eigenvalue weighted by Gasteiger charge is 2.27. The first-order valence-electron chi connectivity index (χ1n) is 5.15. The number of benzene rings is 1. The Bertz CT molecular complexity index is 616. The lowest BCUT2D eigenvalue weighted by Gasteiger charge is -2.16. The van der Waals surface area contributed by atoms with Crippen LogP contribution in [0.3, 0.4) is 0 Å². The molecular weight excluding hydrogens is 617 g/mol. The molecule has 108 valence electrons. The van der Waals surface area contributed by atoms with Crippen LogP contribution in [0, 0.1) is 10.7 Å². The summed E-state index contributed by atoms with van der Waals surface area (Å²) in [6, 6.07) is 0. The summed E-state index contributed by atoms with van der Waals surface area (Å²) in [5.41, 5.74) is 0.597. The normalized spacial score (nSPS) is 10.1. The molecule has 0 aliphatic heterocycles. The Morgan fingerprint density at radius 1 is 1.00 bits per heavy atom. The second-order valence-corrected chi connectivity index (χ2v) is 6.87. The molecule has 0 unspecified atom stereocenters. The molecule has 3 N–H and O–H groups in total. The van der Waals surface area contributed by atoms with E-state index in [1.54, 1.807) is 0 Å². The van der Waals surface area contributed by atoms with Crippen molar-refractivity contribution in [3.05, 3.63) is 21.8 Å². The van der Waals surface area contributed by atoms with Crippen molar-refractivity contribution in [1.29, 1.82) is 0 Å². The van der Waals surface area contributed by atoms with Gasteiger partial charge in [0.15, 0.2) is 0 Å². The fourth-order valence-corrected chi connectivity index (χ4v) is 5.85. The van der Waals surface area contributed by atoms with Crippen molar-refractivity contribution in [2.75, 3.05) is 12.4 Å². The Morgan fingerprint density at radius 3 is 1.90 bits per heavy atom. The molecule has 0 heterocycles. The number of rotatable bonds is 3. The van der Waals surface area contributed by atoms with Crippen LogP contribution in [0.25, 0.3) is 0 Å². The lowest BCUT2D eigenvalue weighted by atomic mass is 10.1. The Labute approximate surface area is 155 Å². The van der Waals surface area contributed by atoms with Crippen LogP contribution < -0.4 is 10.6 Å². The number of carbonyl (C=O) groups excluding carboxylic acids is 2. The molecule has 1 rings (SSSR count). The zero-order valence-electron chi connectivity index (χ0n) is 10.3. The van der Waals surface area contributed by atoms with E-state index in [1.807, 2.05) is 67.8 Å². The summed E-state index contributed by atoms with van der Waals surface area (Å²) >= 11 is 5.61. The van der Waals surface area contributed by atoms with Gasteiger partial charge in [-0.3, -0.25) is 9.59 Å². The third kappa shape index (κ3) is 3.52. The van der Waals surface area contributed by atoms with Crippen LogP contribution in [-0.4, -0.2) is 29.9 Å². The summed E-state index contributed by atoms with van der Waals surface area (Å²) in [5, 5.41) is 14.4. The van der Waals surface area contributed by atoms with Gasteiger partial charge < -0.3 is 15.7 Å². The molecule has 0 spiro atoms. The van der Waals surface area contributed by atoms with Crippen molar-refractivity contribution in [1.82, 2.24) is 5.32 Å². The number of anilines is 1. The van der Waals surface area contributed by atoms with Crippen molar-refractivity contribution in [3.8, 4) is 0 Å². The smallest absolute Gasteiger partial charge is 0.337 e. The first-order valence-corrected chi connectivity index (χ1v) is 8.39. The van der Waals surface area contributed by atoms with Gasteiger partial charge in [0.1, 0.15) is 0 Å². The molecule has 6 nitrogen and oxygen atoms in total. The highest BCUT2D eigenvalue weighted by Crippen LogP contribution is 2.35. The molecule has 1 aromatic carbocycles. The van der Waals surface area contributed by atoms with Crippen LogP contribution in [0.2, 0.25) is 0 Å². The van der Waals surface area contributed by atoms with Crippen molar-refractivity contribution in [2.24, 2.45) is 0 Å². The van der Waals surface area contributed by atoms with Crippen molar-refractivity contribution in [3.63, 3.8) is 0 Å². The van der Waals surface area contributed by atoms with Gasteiger partial charge in [0.05, 0.1) is 24.0 Å². The Morgan fingerprint density at radius 2 is 1.50 bits per heavy atom. The summed E-state index contributed by atoms with van der Waals surface area (Å²) in [4.78, 5) is 34.6. The maximum Gasteiger partial charge on any atom is 0.337 e. The molecule has 1 aromatic rings. The largest absolute Gasteiger partial charge is 0.478 e. The van der Waals surface area contributed by atoms with Crippen LogP contribution in [0.15, 0.2) is 0 Å². The zero-order chi connectivity index (χ0) is 15.6. The van der Waals surface area contributed by atoms with E-state index in [4.69, 9.17) is 0 Å². The van der Waals surface area contributed by atoms with E-state index in [1.165, 1.54) is 14.0 Å². The summed E-state index contributed by atoms with van der Waals surface area (Å²) in [7, 11) is 1.46. The number of aromatic carboxylic acids is 1. The van der Waals surface area contributed by atoms with Gasteiger partial charge in [-0.1, -0.05) is 0 Å². The molecule has 2 amide bonds. The molecule has 0 aliphatic rings. The van der Waals surface area contributed by atoms with Crippen LogP contribution in [0.4, 0.5) is 5.69 Å². The molecule has 0 aliphatic carbocycles. The van der Waals surface area contributed by atoms with E-state index in [0.29, 0.717) is 16.4 Å². The molecule has 0 saturated carbocycles. The minimum absolute atomic E-state index is 0.00830. The number of carboxylic acid groups (broad SMARTS) is 1. The van der Waals surface area contributed by atoms with Crippen LogP contribution >= 0.6 is 67.8 Å². The zero-order valence-corrected chi connectivity index (χ0v) is 16.8. The number of hydrogen-bond acceptors (Lipinski definition) is 3. The maximum absolute atomic E-state index is 12.0. The standard InChI is InChI=1S/C11H9I3N2O4/c1-3(17)16-9-7(13)4(10(18)15-2)6(12)5(8(9)14)11(19)20/h1-2H3,(H,15,18)(H,16,17)(H,19,20)/i12+4,13+4,14+4. The van der Waals surface area contributed by atoms with Crippen molar-refractivity contribution in [2.45, 2.75) is 6.92 Å². The number of hydrogen-bond donors (Lipinski definition) is 3. The van der Waals surface area contributed by atoms with Crippen LogP contribution in [0.5, 0.6) is 0 Å². The number of halogens is 3. The molecule has 0 atom stereocenters. The molecule has 0 fully saturated rings. The number of carboxylic acids is 1. The van der Waals surface area contributed by atoms with E-state index < -0.39 is 11.9 Å². The molecule has 0 saturated heterocycles. The monoisotopic (exact) mass is 626 g/mol. The van der Waals surface area contributed by atoms with Gasteiger partial charge in [-0.2, -0.15) is 0 Å². The van der Waals surface area contributed by atoms with Gasteiger partial charge in [0, 0.05) is 17.5 Å². The Balaban J connectivity index is 3.78. The molecular formula is C11H9I3N2O4. The third-order valence-corrected chi connectivity index (χ3v) is 5.52. The maximum atomic E-state index is 12.0. The van der Waals surface area contributed by atoms with Crippen LogP contribution in [0.1, 0.15) is 27.6 Å². The second-order valence-electron chi connectivity index (χ2n) is 3.63. The Kier molecular flexibility index (Phi) is 6.43. The molecule has 0 aromatic heterocycles.